The summed E-state index contributed by atoms with van der Waals surface area (Å²) in [6.07, 6.45) is 4.30. The second-order valence-electron chi connectivity index (χ2n) is 12.4. The number of hydrogen-bond acceptors (Lipinski definition) is 6. The molecule has 0 aliphatic carbocycles. The summed E-state index contributed by atoms with van der Waals surface area (Å²) in [5.41, 5.74) is 3.36. The molecule has 2 aromatic carbocycles. The van der Waals surface area contributed by atoms with E-state index in [0.717, 1.165) is 28.9 Å². The highest BCUT2D eigenvalue weighted by molar-refractivity contribution is 7.87. The number of ether oxygens (including phenoxy) is 1. The number of amides is 2. The predicted molar refractivity (Wildman–Crippen MR) is 171 cm³/mol. The Bertz CT molecular complexity index is 1700. The molecule has 232 valence electrons. The first-order valence-electron chi connectivity index (χ1n) is 14.5. The number of carbonyl (C=O) groups excluding carboxylic acids is 1. The molecule has 0 spiro atoms. The van der Waals surface area contributed by atoms with Crippen LogP contribution in [0, 0.1) is 0 Å². The van der Waals surface area contributed by atoms with Crippen LogP contribution in [0.25, 0.3) is 5.69 Å². The zero-order valence-corrected chi connectivity index (χ0v) is 26.5. The number of pyridine rings is 1. The average Bonchev–Trinajstić information content (AvgIpc) is 3.49. The number of hydrogen-bond donors (Lipinski definition) is 3. The second-order valence-corrected chi connectivity index (χ2v) is 14.1. The summed E-state index contributed by atoms with van der Waals surface area (Å²) >= 11 is 0. The van der Waals surface area contributed by atoms with Crippen LogP contribution < -0.4 is 20.1 Å². The van der Waals surface area contributed by atoms with Crippen LogP contribution in [0.3, 0.4) is 0 Å². The van der Waals surface area contributed by atoms with E-state index in [9.17, 15) is 13.2 Å². The number of nitrogens with one attached hydrogen (secondary N) is 3. The number of aromatic nitrogens is 3. The Morgan fingerprint density at radius 1 is 0.977 bits per heavy atom. The van der Waals surface area contributed by atoms with Gasteiger partial charge in [0.05, 0.1) is 18.0 Å². The molecule has 0 unspecified atom stereocenters. The van der Waals surface area contributed by atoms with Gasteiger partial charge in [-0.25, -0.2) is 14.2 Å². The van der Waals surface area contributed by atoms with Gasteiger partial charge in [0.2, 0.25) is 0 Å². The molecular formula is C32H39N7O4S. The molecule has 11 nitrogen and oxygen atoms in total. The molecule has 1 fully saturated rings. The maximum atomic E-state index is 13.0. The standard InChI is InChI=1S/C32H39N7O4S/c1-31(2,3)28-20-29(36-30(40)35-25-8-12-27(13-9-25)43-19-16-23-14-17-33-18-15-23)39(37-28)26-10-6-24(7-11-26)21-38-32(4,5)22-34-44(38,41)42/h6-15,17-18,20,34H,16,19,21-22H2,1-5H3,(H2,35,36,40). The van der Waals surface area contributed by atoms with E-state index in [2.05, 4.69) is 41.1 Å². The van der Waals surface area contributed by atoms with E-state index in [1.807, 2.05) is 68.4 Å². The van der Waals surface area contributed by atoms with Gasteiger partial charge in [0.1, 0.15) is 11.6 Å². The number of carbonyl (C=O) groups is 1. The van der Waals surface area contributed by atoms with Gasteiger partial charge in [-0.15, -0.1) is 0 Å². The van der Waals surface area contributed by atoms with E-state index in [1.54, 1.807) is 29.2 Å². The lowest BCUT2D eigenvalue weighted by molar-refractivity contribution is 0.255. The van der Waals surface area contributed by atoms with E-state index >= 15 is 0 Å². The third-order valence-corrected chi connectivity index (χ3v) is 9.11. The average molecular weight is 618 g/mol. The minimum Gasteiger partial charge on any atom is -0.493 e. The Balaban J connectivity index is 1.25. The van der Waals surface area contributed by atoms with Crippen LogP contribution >= 0.6 is 0 Å². The molecule has 0 saturated carbocycles. The van der Waals surface area contributed by atoms with Gasteiger partial charge in [-0.2, -0.15) is 17.8 Å². The van der Waals surface area contributed by atoms with Crippen molar-refractivity contribution < 1.29 is 17.9 Å². The molecular weight excluding hydrogens is 578 g/mol. The first kappa shape index (κ1) is 31.2. The SMILES string of the molecule is CC(C)(C)c1cc(NC(=O)Nc2ccc(OCCc3ccncc3)cc2)n(-c2ccc(CN3C(C)(C)CNS3(=O)=O)cc2)n1. The van der Waals surface area contributed by atoms with Gasteiger partial charge in [-0.3, -0.25) is 10.3 Å². The van der Waals surface area contributed by atoms with Gasteiger partial charge in [0.15, 0.2) is 0 Å². The van der Waals surface area contributed by atoms with Crippen molar-refractivity contribution in [2.45, 2.75) is 58.5 Å². The second kappa shape index (κ2) is 12.4. The summed E-state index contributed by atoms with van der Waals surface area (Å²) in [6.45, 7) is 11.1. The summed E-state index contributed by atoms with van der Waals surface area (Å²) in [5.74, 6) is 1.22. The van der Waals surface area contributed by atoms with Crippen molar-refractivity contribution >= 4 is 27.7 Å². The molecule has 12 heteroatoms. The van der Waals surface area contributed by atoms with Crippen molar-refractivity contribution in [1.82, 2.24) is 23.8 Å². The van der Waals surface area contributed by atoms with E-state index < -0.39 is 21.8 Å². The molecule has 1 aliphatic heterocycles. The van der Waals surface area contributed by atoms with E-state index in [4.69, 9.17) is 9.84 Å². The van der Waals surface area contributed by atoms with Gasteiger partial charge in [-0.05, 0) is 73.5 Å². The zero-order chi connectivity index (χ0) is 31.5. The van der Waals surface area contributed by atoms with E-state index in [-0.39, 0.29) is 12.0 Å². The highest BCUT2D eigenvalue weighted by Gasteiger charge is 2.42. The van der Waals surface area contributed by atoms with Gasteiger partial charge in [0.25, 0.3) is 10.2 Å². The van der Waals surface area contributed by atoms with Gasteiger partial charge in [-0.1, -0.05) is 32.9 Å². The van der Waals surface area contributed by atoms with E-state index in [1.165, 1.54) is 4.31 Å². The molecule has 0 bridgehead atoms. The highest BCUT2D eigenvalue weighted by Crippen LogP contribution is 2.29. The summed E-state index contributed by atoms with van der Waals surface area (Å²) < 4.78 is 36.6. The maximum Gasteiger partial charge on any atom is 0.324 e. The third-order valence-electron chi connectivity index (χ3n) is 7.40. The minimum atomic E-state index is -3.53. The first-order valence-corrected chi connectivity index (χ1v) is 15.9. The van der Waals surface area contributed by atoms with Crippen molar-refractivity contribution in [3.05, 3.63) is 95.9 Å². The molecule has 3 heterocycles. The zero-order valence-electron chi connectivity index (χ0n) is 25.7. The maximum absolute atomic E-state index is 13.0. The minimum absolute atomic E-state index is 0.247. The van der Waals surface area contributed by atoms with Crippen LogP contribution in [0.15, 0.2) is 79.1 Å². The largest absolute Gasteiger partial charge is 0.493 e. The lowest BCUT2D eigenvalue weighted by Gasteiger charge is -2.28. The number of anilines is 2. The Hall–Kier alpha value is -4.26. The molecule has 2 aromatic heterocycles. The van der Waals surface area contributed by atoms with Crippen LogP contribution in [0.2, 0.25) is 0 Å². The van der Waals surface area contributed by atoms with Crippen LogP contribution in [0.4, 0.5) is 16.3 Å². The summed E-state index contributed by atoms with van der Waals surface area (Å²) in [4.78, 5) is 17.1. The van der Waals surface area contributed by atoms with Gasteiger partial charge < -0.3 is 10.1 Å². The van der Waals surface area contributed by atoms with Crippen LogP contribution in [-0.2, 0) is 28.6 Å². The van der Waals surface area contributed by atoms with Crippen LogP contribution in [0.5, 0.6) is 5.75 Å². The fourth-order valence-electron chi connectivity index (χ4n) is 4.75. The number of urea groups is 1. The molecule has 1 aliphatic rings. The number of nitrogens with zero attached hydrogens (tertiary/aromatic N) is 4. The molecule has 0 atom stereocenters. The topological polar surface area (TPSA) is 130 Å². The Labute approximate surface area is 258 Å². The smallest absolute Gasteiger partial charge is 0.324 e. The van der Waals surface area contributed by atoms with Crippen LogP contribution in [-0.4, -0.2) is 52.2 Å². The summed E-state index contributed by atoms with van der Waals surface area (Å²) in [7, 11) is -3.53. The first-order chi connectivity index (χ1) is 20.8. The summed E-state index contributed by atoms with van der Waals surface area (Å²) in [5, 5.41) is 10.6. The fourth-order valence-corrected chi connectivity index (χ4v) is 6.48. The predicted octanol–water partition coefficient (Wildman–Crippen LogP) is 5.26. The highest BCUT2D eigenvalue weighted by atomic mass is 32.2. The molecule has 3 N–H and O–H groups in total. The molecule has 5 rings (SSSR count). The monoisotopic (exact) mass is 617 g/mol. The quantitative estimate of drug-likeness (QED) is 0.235. The molecule has 4 aromatic rings. The van der Waals surface area contributed by atoms with Crippen molar-refractivity contribution in [2.75, 3.05) is 23.8 Å². The fraction of sp³-hybridized carbons (Fsp3) is 0.344. The number of rotatable bonds is 9. The van der Waals surface area contributed by atoms with Crippen molar-refractivity contribution in [2.24, 2.45) is 0 Å². The molecule has 1 saturated heterocycles. The molecule has 44 heavy (non-hydrogen) atoms. The Kier molecular flexibility index (Phi) is 8.78. The van der Waals surface area contributed by atoms with E-state index in [0.29, 0.717) is 30.4 Å². The number of benzene rings is 2. The Morgan fingerprint density at radius 3 is 2.27 bits per heavy atom. The van der Waals surface area contributed by atoms with Crippen molar-refractivity contribution in [1.29, 1.82) is 0 Å². The van der Waals surface area contributed by atoms with Gasteiger partial charge >= 0.3 is 6.03 Å². The van der Waals surface area contributed by atoms with Gasteiger partial charge in [0, 0.05) is 54.6 Å². The lowest BCUT2D eigenvalue weighted by Crippen LogP contribution is -2.41. The van der Waals surface area contributed by atoms with Crippen molar-refractivity contribution in [3.63, 3.8) is 0 Å². The summed E-state index contributed by atoms with van der Waals surface area (Å²) in [6, 6.07) is 20.1. The molecule has 2 amide bonds. The molecule has 0 radical (unpaired) electrons. The lowest BCUT2D eigenvalue weighted by atomic mass is 9.92. The normalized spacial score (nSPS) is 16.0. The van der Waals surface area contributed by atoms with Crippen LogP contribution in [0.1, 0.15) is 51.4 Å². The van der Waals surface area contributed by atoms with Crippen molar-refractivity contribution in [3.8, 4) is 11.4 Å². The Morgan fingerprint density at radius 2 is 1.66 bits per heavy atom. The third kappa shape index (κ3) is 7.44.